The number of benzene rings is 1. The van der Waals surface area contributed by atoms with E-state index >= 15 is 0 Å². The van der Waals surface area contributed by atoms with Crippen molar-refractivity contribution in [1.82, 2.24) is 10.3 Å². The largest absolute Gasteiger partial charge is 0.408 e. The van der Waals surface area contributed by atoms with Crippen molar-refractivity contribution in [1.29, 1.82) is 0 Å². The fourth-order valence-electron chi connectivity index (χ4n) is 2.17. The first kappa shape index (κ1) is 17.0. The van der Waals surface area contributed by atoms with Crippen LogP contribution < -0.4 is 5.32 Å². The molecule has 5 nitrogen and oxygen atoms in total. The van der Waals surface area contributed by atoms with Crippen molar-refractivity contribution in [2.45, 2.75) is 31.5 Å². The Morgan fingerprint density at radius 1 is 1.30 bits per heavy atom. The van der Waals surface area contributed by atoms with Gasteiger partial charge in [0.2, 0.25) is 5.91 Å². The van der Waals surface area contributed by atoms with Crippen LogP contribution in [0.4, 0.5) is 13.2 Å². The van der Waals surface area contributed by atoms with Crippen molar-refractivity contribution >= 4 is 17.5 Å². The molecular weight excluding hydrogens is 311 g/mol. The second kappa shape index (κ2) is 6.80. The van der Waals surface area contributed by atoms with E-state index in [0.29, 0.717) is 5.56 Å². The molecule has 2 amide bonds. The smallest absolute Gasteiger partial charge is 0.339 e. The zero-order valence-corrected chi connectivity index (χ0v) is 12.4. The van der Waals surface area contributed by atoms with Crippen LogP contribution in [0.3, 0.4) is 0 Å². The summed E-state index contributed by atoms with van der Waals surface area (Å²) in [7, 11) is 1.36. The van der Waals surface area contributed by atoms with E-state index in [4.69, 9.17) is 0 Å². The van der Waals surface area contributed by atoms with Gasteiger partial charge in [0.1, 0.15) is 11.8 Å². The molecule has 1 aromatic carbocycles. The summed E-state index contributed by atoms with van der Waals surface area (Å²) in [6.45, 7) is 0. The van der Waals surface area contributed by atoms with E-state index in [1.54, 1.807) is 30.3 Å². The first-order valence-electron chi connectivity index (χ1n) is 7.03. The Morgan fingerprint density at radius 3 is 2.52 bits per heavy atom. The van der Waals surface area contributed by atoms with Gasteiger partial charge in [0, 0.05) is 26.3 Å². The van der Waals surface area contributed by atoms with E-state index in [2.05, 4.69) is 5.10 Å². The quantitative estimate of drug-likeness (QED) is 0.918. The second-order valence-corrected chi connectivity index (χ2v) is 5.22. The Morgan fingerprint density at radius 2 is 1.96 bits per heavy atom. The molecule has 0 saturated heterocycles. The van der Waals surface area contributed by atoms with Crippen LogP contribution >= 0.6 is 0 Å². The van der Waals surface area contributed by atoms with Crippen molar-refractivity contribution in [2.75, 3.05) is 7.05 Å². The predicted octanol–water partition coefficient (Wildman–Crippen LogP) is 1.88. The molecule has 0 aromatic heterocycles. The lowest BCUT2D eigenvalue weighted by Gasteiger charge is -2.24. The van der Waals surface area contributed by atoms with Crippen LogP contribution in [0.15, 0.2) is 35.4 Å². The third-order valence-corrected chi connectivity index (χ3v) is 3.45. The SMILES string of the molecule is CN1N=C(C(=O)N[C@@H](Cc2ccccc2)C(F)(F)F)CCC1=O. The van der Waals surface area contributed by atoms with Gasteiger partial charge in [-0.25, -0.2) is 5.01 Å². The van der Waals surface area contributed by atoms with Gasteiger partial charge < -0.3 is 5.32 Å². The van der Waals surface area contributed by atoms with Gasteiger partial charge in [-0.15, -0.1) is 0 Å². The van der Waals surface area contributed by atoms with Crippen LogP contribution in [0.2, 0.25) is 0 Å². The maximum atomic E-state index is 13.2. The number of carbonyl (C=O) groups excluding carboxylic acids is 2. The van der Waals surface area contributed by atoms with E-state index in [9.17, 15) is 22.8 Å². The molecule has 2 rings (SSSR count). The van der Waals surface area contributed by atoms with Crippen LogP contribution in [0.1, 0.15) is 18.4 Å². The monoisotopic (exact) mass is 327 g/mol. The molecule has 1 N–H and O–H groups in total. The van der Waals surface area contributed by atoms with Crippen LogP contribution in [0.5, 0.6) is 0 Å². The molecule has 1 aliphatic heterocycles. The van der Waals surface area contributed by atoms with Gasteiger partial charge >= 0.3 is 6.18 Å². The van der Waals surface area contributed by atoms with Crippen LogP contribution in [-0.2, 0) is 16.0 Å². The summed E-state index contributed by atoms with van der Waals surface area (Å²) >= 11 is 0. The standard InChI is InChI=1S/C15H16F3N3O2/c1-21-13(22)8-7-11(20-21)14(23)19-12(15(16,17)18)9-10-5-3-2-4-6-10/h2-6,12H,7-9H2,1H3,(H,19,23)/t12-/m0/s1. The molecular formula is C15H16F3N3O2. The second-order valence-electron chi connectivity index (χ2n) is 5.22. The van der Waals surface area contributed by atoms with Gasteiger partial charge in [-0.2, -0.15) is 18.3 Å². The summed E-state index contributed by atoms with van der Waals surface area (Å²) in [5.74, 6) is -1.18. The van der Waals surface area contributed by atoms with E-state index in [1.807, 2.05) is 5.32 Å². The van der Waals surface area contributed by atoms with Gasteiger partial charge in [0.25, 0.3) is 5.91 Å². The number of amides is 2. The first-order valence-corrected chi connectivity index (χ1v) is 7.03. The summed E-state index contributed by atoms with van der Waals surface area (Å²) < 4.78 is 39.5. The highest BCUT2D eigenvalue weighted by Crippen LogP contribution is 2.23. The van der Waals surface area contributed by atoms with Crippen LogP contribution in [0.25, 0.3) is 0 Å². The highest BCUT2D eigenvalue weighted by atomic mass is 19.4. The molecule has 1 atom stereocenters. The average Bonchev–Trinajstić information content (AvgIpc) is 2.49. The summed E-state index contributed by atoms with van der Waals surface area (Å²) in [6, 6.07) is 6.09. The number of hydrogen-bond donors (Lipinski definition) is 1. The minimum Gasteiger partial charge on any atom is -0.339 e. The summed E-state index contributed by atoms with van der Waals surface area (Å²) in [6.07, 6.45) is -4.86. The lowest BCUT2D eigenvalue weighted by molar-refractivity contribution is -0.159. The normalized spacial score (nSPS) is 16.8. The Hall–Kier alpha value is -2.38. The topological polar surface area (TPSA) is 61.8 Å². The minimum atomic E-state index is -4.58. The highest BCUT2D eigenvalue weighted by Gasteiger charge is 2.41. The molecule has 0 radical (unpaired) electrons. The van der Waals surface area contributed by atoms with E-state index in [-0.39, 0.29) is 30.9 Å². The average molecular weight is 327 g/mol. The summed E-state index contributed by atoms with van der Waals surface area (Å²) in [4.78, 5) is 23.3. The van der Waals surface area contributed by atoms with Gasteiger partial charge in [0.15, 0.2) is 0 Å². The molecule has 0 aliphatic carbocycles. The Kier molecular flexibility index (Phi) is 5.02. The molecule has 8 heteroatoms. The molecule has 0 fully saturated rings. The molecule has 23 heavy (non-hydrogen) atoms. The third kappa shape index (κ3) is 4.54. The van der Waals surface area contributed by atoms with E-state index < -0.39 is 18.1 Å². The molecule has 1 aliphatic rings. The zero-order chi connectivity index (χ0) is 17.0. The number of alkyl halides is 3. The molecule has 0 unspecified atom stereocenters. The Labute approximate surface area is 131 Å². The maximum Gasteiger partial charge on any atom is 0.408 e. The third-order valence-electron chi connectivity index (χ3n) is 3.45. The molecule has 0 saturated carbocycles. The molecule has 1 aromatic rings. The van der Waals surface area contributed by atoms with Gasteiger partial charge in [-0.3, -0.25) is 9.59 Å². The highest BCUT2D eigenvalue weighted by molar-refractivity contribution is 6.39. The van der Waals surface area contributed by atoms with Gasteiger partial charge in [-0.05, 0) is 5.56 Å². The zero-order valence-electron chi connectivity index (χ0n) is 12.4. The number of hydrazone groups is 1. The number of nitrogens with one attached hydrogen (secondary N) is 1. The van der Waals surface area contributed by atoms with Crippen LogP contribution in [0, 0.1) is 0 Å². The minimum absolute atomic E-state index is 0.0327. The number of nitrogens with zero attached hydrogens (tertiary/aromatic N) is 2. The predicted molar refractivity (Wildman–Crippen MR) is 77.6 cm³/mol. The van der Waals surface area contributed by atoms with Crippen molar-refractivity contribution in [3.05, 3.63) is 35.9 Å². The Balaban J connectivity index is 2.10. The summed E-state index contributed by atoms with van der Waals surface area (Å²) in [5.41, 5.74) is 0.391. The fourth-order valence-corrected chi connectivity index (χ4v) is 2.17. The number of halogens is 3. The van der Waals surface area contributed by atoms with Crippen molar-refractivity contribution in [2.24, 2.45) is 5.10 Å². The first-order chi connectivity index (χ1) is 10.8. The number of rotatable bonds is 4. The van der Waals surface area contributed by atoms with Crippen LogP contribution in [-0.4, -0.2) is 41.8 Å². The molecule has 0 spiro atoms. The molecule has 124 valence electrons. The van der Waals surface area contributed by atoms with E-state index in [1.165, 1.54) is 7.05 Å². The summed E-state index contributed by atoms with van der Waals surface area (Å²) in [5, 5.41) is 6.67. The van der Waals surface area contributed by atoms with Gasteiger partial charge in [-0.1, -0.05) is 30.3 Å². The maximum absolute atomic E-state index is 13.2. The Bertz CT molecular complexity index is 614. The van der Waals surface area contributed by atoms with Gasteiger partial charge in [0.05, 0.1) is 0 Å². The molecule has 0 bridgehead atoms. The van der Waals surface area contributed by atoms with E-state index in [0.717, 1.165) is 5.01 Å². The van der Waals surface area contributed by atoms with Crippen molar-refractivity contribution < 1.29 is 22.8 Å². The number of hydrogen-bond acceptors (Lipinski definition) is 3. The fraction of sp³-hybridized carbons (Fsp3) is 0.400. The molecule has 1 heterocycles. The van der Waals surface area contributed by atoms with Crippen molar-refractivity contribution in [3.8, 4) is 0 Å². The lowest BCUT2D eigenvalue weighted by Crippen LogP contribution is -2.50. The lowest BCUT2D eigenvalue weighted by atomic mass is 10.0. The van der Waals surface area contributed by atoms with Crippen molar-refractivity contribution in [3.63, 3.8) is 0 Å². The number of carbonyl (C=O) groups is 2.